The molecule has 1 aromatic heterocycles. The number of aromatic nitrogens is 1. The Balaban J connectivity index is 2.14. The van der Waals surface area contributed by atoms with Crippen LogP contribution in [0.5, 0.6) is 0 Å². The molecule has 0 spiro atoms. The normalized spacial score (nSPS) is 10.9. The third kappa shape index (κ3) is 5.71. The Morgan fingerprint density at radius 2 is 2.00 bits per heavy atom. The Kier molecular flexibility index (Phi) is 7.20. The molecule has 0 aliphatic carbocycles. The van der Waals surface area contributed by atoms with E-state index in [9.17, 15) is 9.59 Å². The molecule has 130 valence electrons. The summed E-state index contributed by atoms with van der Waals surface area (Å²) in [6.45, 7) is 0.0757. The van der Waals surface area contributed by atoms with E-state index >= 15 is 0 Å². The first-order valence-corrected chi connectivity index (χ1v) is 8.54. The Labute approximate surface area is 163 Å². The number of nitrogens with one attached hydrogen (secondary N) is 1. The molecule has 6 nitrogen and oxygen atoms in total. The summed E-state index contributed by atoms with van der Waals surface area (Å²) in [6, 6.07) is 10.9. The van der Waals surface area contributed by atoms with Crippen LogP contribution in [0.1, 0.15) is 11.1 Å². The summed E-state index contributed by atoms with van der Waals surface area (Å²) < 4.78 is 10.5. The smallest absolute Gasteiger partial charge is 0.412 e. The van der Waals surface area contributed by atoms with Gasteiger partial charge in [-0.3, -0.25) is 5.32 Å². The summed E-state index contributed by atoms with van der Waals surface area (Å²) in [7, 11) is 1.21. The topological polar surface area (TPSA) is 77.5 Å². The van der Waals surface area contributed by atoms with E-state index in [1.54, 1.807) is 12.3 Å². The summed E-state index contributed by atoms with van der Waals surface area (Å²) in [6.07, 6.45) is 2.16. The van der Waals surface area contributed by atoms with E-state index in [1.165, 1.54) is 13.2 Å². The predicted octanol–water partition coefficient (Wildman–Crippen LogP) is 3.78. The number of methoxy groups -OCH3 is 1. The first kappa shape index (κ1) is 19.2. The average Bonchev–Trinajstić information content (AvgIpc) is 2.62. The van der Waals surface area contributed by atoms with E-state index in [4.69, 9.17) is 16.3 Å². The molecule has 0 saturated carbocycles. The van der Waals surface area contributed by atoms with Crippen molar-refractivity contribution in [1.29, 1.82) is 0 Å². The second kappa shape index (κ2) is 9.38. The van der Waals surface area contributed by atoms with Gasteiger partial charge in [0, 0.05) is 15.3 Å². The number of carbonyl (C=O) groups excluding carboxylic acids is 2. The molecule has 0 fully saturated rings. The van der Waals surface area contributed by atoms with Gasteiger partial charge < -0.3 is 9.47 Å². The molecule has 0 atom stereocenters. The second-order valence-corrected chi connectivity index (χ2v) is 6.25. The molecule has 0 unspecified atom stereocenters. The number of benzene rings is 1. The fourth-order valence-corrected chi connectivity index (χ4v) is 2.77. The monoisotopic (exact) mass is 472 g/mol. The van der Waals surface area contributed by atoms with Crippen LogP contribution in [-0.2, 0) is 20.9 Å². The minimum absolute atomic E-state index is 0.0757. The van der Waals surface area contributed by atoms with Crippen LogP contribution in [0.2, 0.25) is 5.15 Å². The number of hydrogen-bond donors (Lipinski definition) is 1. The lowest BCUT2D eigenvalue weighted by Crippen LogP contribution is -2.28. The van der Waals surface area contributed by atoms with Gasteiger partial charge >= 0.3 is 12.1 Å². The summed E-state index contributed by atoms with van der Waals surface area (Å²) in [4.78, 5) is 27.9. The lowest BCUT2D eigenvalue weighted by molar-refractivity contribution is -0.136. The van der Waals surface area contributed by atoms with Crippen LogP contribution in [0.15, 0.2) is 48.3 Å². The molecule has 2 rings (SSSR count). The van der Waals surface area contributed by atoms with E-state index in [1.807, 2.05) is 52.9 Å². The van der Waals surface area contributed by atoms with Crippen molar-refractivity contribution < 1.29 is 19.1 Å². The number of hydrogen-bond acceptors (Lipinski definition) is 5. The molecular weight excluding hydrogens is 459 g/mol. The van der Waals surface area contributed by atoms with Crippen LogP contribution in [0, 0.1) is 3.57 Å². The Bertz CT molecular complexity index is 776. The maximum absolute atomic E-state index is 12.0. The number of alkyl carbamates (subject to hydrolysis) is 1. The van der Waals surface area contributed by atoms with Gasteiger partial charge in [0.2, 0.25) is 0 Å². The maximum atomic E-state index is 12.0. The van der Waals surface area contributed by atoms with E-state index in [0.29, 0.717) is 5.56 Å². The minimum atomic E-state index is -0.782. The Morgan fingerprint density at radius 1 is 1.28 bits per heavy atom. The number of esters is 1. The number of halogens is 2. The number of amides is 1. The molecule has 1 aromatic carbocycles. The highest BCUT2D eigenvalue weighted by Crippen LogP contribution is 2.22. The zero-order chi connectivity index (χ0) is 18.2. The molecule has 8 heteroatoms. The predicted molar refractivity (Wildman–Crippen MR) is 102 cm³/mol. The van der Waals surface area contributed by atoms with E-state index in [-0.39, 0.29) is 17.5 Å². The van der Waals surface area contributed by atoms with Crippen LogP contribution >= 0.6 is 34.2 Å². The van der Waals surface area contributed by atoms with Gasteiger partial charge in [-0.15, -0.1) is 0 Å². The van der Waals surface area contributed by atoms with E-state index in [2.05, 4.69) is 15.0 Å². The molecule has 0 saturated heterocycles. The van der Waals surface area contributed by atoms with Crippen LogP contribution in [0.3, 0.4) is 0 Å². The average molecular weight is 473 g/mol. The van der Waals surface area contributed by atoms with Gasteiger partial charge in [0.25, 0.3) is 0 Å². The van der Waals surface area contributed by atoms with Gasteiger partial charge in [-0.2, -0.15) is 0 Å². The van der Waals surface area contributed by atoms with Gasteiger partial charge in [0.05, 0.1) is 7.11 Å². The zero-order valence-corrected chi connectivity index (χ0v) is 16.1. The van der Waals surface area contributed by atoms with Gasteiger partial charge in [-0.1, -0.05) is 41.9 Å². The Morgan fingerprint density at radius 3 is 2.64 bits per heavy atom. The molecule has 0 aliphatic rings. The molecule has 25 heavy (non-hydrogen) atoms. The first-order chi connectivity index (χ1) is 12.0. The highest BCUT2D eigenvalue weighted by molar-refractivity contribution is 14.1. The van der Waals surface area contributed by atoms with Gasteiger partial charge in [-0.25, -0.2) is 14.6 Å². The van der Waals surface area contributed by atoms with Gasteiger partial charge in [-0.05, 0) is 40.3 Å². The summed E-state index contributed by atoms with van der Waals surface area (Å²) in [5, 5.41) is 2.58. The number of ether oxygens (including phenoxy) is 2. The van der Waals surface area contributed by atoms with Gasteiger partial charge in [0.15, 0.2) is 0 Å². The number of carbonyl (C=O) groups is 2. The van der Waals surface area contributed by atoms with Crippen LogP contribution in [0.4, 0.5) is 4.79 Å². The molecule has 1 amide bonds. The highest BCUT2D eigenvalue weighted by Gasteiger charge is 2.16. The largest absolute Gasteiger partial charge is 0.464 e. The maximum Gasteiger partial charge on any atom is 0.412 e. The molecule has 0 radical (unpaired) electrons. The number of rotatable bonds is 5. The zero-order valence-electron chi connectivity index (χ0n) is 13.2. The quantitative estimate of drug-likeness (QED) is 0.310. The van der Waals surface area contributed by atoms with Crippen molar-refractivity contribution in [3.63, 3.8) is 0 Å². The van der Waals surface area contributed by atoms with Crippen LogP contribution < -0.4 is 5.32 Å². The second-order valence-electron chi connectivity index (χ2n) is 4.73. The lowest BCUT2D eigenvalue weighted by Gasteiger charge is -2.10. The number of pyridine rings is 1. The van der Waals surface area contributed by atoms with Gasteiger partial charge in [0.1, 0.15) is 17.5 Å². The highest BCUT2D eigenvalue weighted by atomic mass is 127. The SMILES string of the molecule is COC(=O)/C(=C/c1c(I)ccnc1Cl)NC(=O)OCc1ccccc1. The summed E-state index contributed by atoms with van der Waals surface area (Å²) in [5.74, 6) is -0.729. The Hall–Kier alpha value is -2.13. The van der Waals surface area contributed by atoms with Crippen molar-refractivity contribution in [2.24, 2.45) is 0 Å². The van der Waals surface area contributed by atoms with Crippen molar-refractivity contribution in [2.45, 2.75) is 6.61 Å². The summed E-state index contributed by atoms with van der Waals surface area (Å²) in [5.41, 5.74) is 1.22. The minimum Gasteiger partial charge on any atom is -0.464 e. The fraction of sp³-hybridized carbons (Fsp3) is 0.118. The third-order valence-electron chi connectivity index (χ3n) is 3.03. The molecule has 1 N–H and O–H groups in total. The van der Waals surface area contributed by atoms with Crippen molar-refractivity contribution in [1.82, 2.24) is 10.3 Å². The molecule has 1 heterocycles. The molecule has 2 aromatic rings. The molecule has 0 bridgehead atoms. The van der Waals surface area contributed by atoms with Crippen molar-refractivity contribution in [2.75, 3.05) is 7.11 Å². The first-order valence-electron chi connectivity index (χ1n) is 7.09. The van der Waals surface area contributed by atoms with Crippen molar-refractivity contribution in [3.05, 3.63) is 68.1 Å². The lowest BCUT2D eigenvalue weighted by atomic mass is 10.2. The van der Waals surface area contributed by atoms with E-state index in [0.717, 1.165) is 9.13 Å². The van der Waals surface area contributed by atoms with Crippen LogP contribution in [-0.4, -0.2) is 24.2 Å². The van der Waals surface area contributed by atoms with Crippen molar-refractivity contribution in [3.8, 4) is 0 Å². The standard InChI is InChI=1S/C17H14ClIN2O4/c1-24-16(22)14(9-12-13(19)7-8-20-15(12)18)21-17(23)25-10-11-5-3-2-4-6-11/h2-9H,10H2,1H3,(H,21,23)/b14-9-. The van der Waals surface area contributed by atoms with Crippen LogP contribution in [0.25, 0.3) is 6.08 Å². The third-order valence-corrected chi connectivity index (χ3v) is 4.27. The molecular formula is C17H14ClIN2O4. The van der Waals surface area contributed by atoms with Crippen molar-refractivity contribution >= 4 is 52.3 Å². The summed E-state index contributed by atoms with van der Waals surface area (Å²) >= 11 is 8.09. The fourth-order valence-electron chi connectivity index (χ4n) is 1.82. The van der Waals surface area contributed by atoms with E-state index < -0.39 is 12.1 Å². The molecule has 0 aliphatic heterocycles. The number of nitrogens with zero attached hydrogens (tertiary/aromatic N) is 1.